The number of ether oxygens (including phenoxy) is 2. The Bertz CT molecular complexity index is 1300. The highest BCUT2D eigenvalue weighted by atomic mass is 32.1. The van der Waals surface area contributed by atoms with Crippen molar-refractivity contribution in [3.63, 3.8) is 0 Å². The van der Waals surface area contributed by atoms with Crippen LogP contribution in [-0.4, -0.2) is 18.0 Å². The second-order valence-electron chi connectivity index (χ2n) is 7.77. The molecule has 0 saturated heterocycles. The average molecular weight is 458 g/mol. The Hall–Kier alpha value is -3.84. The second kappa shape index (κ2) is 8.96. The molecule has 0 radical (unpaired) electrons. The number of fused-ring (bicyclic) bond motifs is 2. The zero-order valence-electron chi connectivity index (χ0n) is 18.4. The molecule has 0 spiro atoms. The van der Waals surface area contributed by atoms with Crippen LogP contribution >= 0.6 is 11.3 Å². The molecule has 1 amide bonds. The van der Waals surface area contributed by atoms with E-state index in [1.165, 1.54) is 16.9 Å². The monoisotopic (exact) mass is 457 g/mol. The van der Waals surface area contributed by atoms with Gasteiger partial charge >= 0.3 is 0 Å². The van der Waals surface area contributed by atoms with Crippen molar-refractivity contribution in [2.75, 3.05) is 12.0 Å². The first-order chi connectivity index (χ1) is 16.1. The molecule has 3 heterocycles. The lowest BCUT2D eigenvalue weighted by Crippen LogP contribution is -2.21. The molecule has 1 aliphatic heterocycles. The molecule has 1 N–H and O–H groups in total. The van der Waals surface area contributed by atoms with E-state index in [-0.39, 0.29) is 5.91 Å². The summed E-state index contributed by atoms with van der Waals surface area (Å²) in [6, 6.07) is 21.7. The number of carbonyl (C=O) groups excluding carboxylic acids is 1. The van der Waals surface area contributed by atoms with E-state index in [1.54, 1.807) is 13.3 Å². The van der Waals surface area contributed by atoms with Gasteiger partial charge < -0.3 is 19.7 Å². The van der Waals surface area contributed by atoms with Crippen molar-refractivity contribution in [3.8, 4) is 17.4 Å². The predicted molar refractivity (Wildman–Crippen MR) is 130 cm³/mol. The molecular weight excluding hydrogens is 434 g/mol. The van der Waals surface area contributed by atoms with E-state index >= 15 is 0 Å². The number of amides is 1. The molecule has 5 rings (SSSR count). The maximum atomic E-state index is 12.8. The quantitative estimate of drug-likeness (QED) is 0.408. The fourth-order valence-corrected chi connectivity index (χ4v) is 4.68. The van der Waals surface area contributed by atoms with Gasteiger partial charge in [0.25, 0.3) is 5.91 Å². The maximum absolute atomic E-state index is 12.8. The Morgan fingerprint density at radius 2 is 1.97 bits per heavy atom. The molecule has 1 aliphatic rings. The van der Waals surface area contributed by atoms with Crippen molar-refractivity contribution >= 4 is 27.9 Å². The molecule has 0 saturated carbocycles. The Morgan fingerprint density at radius 3 is 2.79 bits per heavy atom. The molecule has 0 aliphatic carbocycles. The standard InChI is InChI=1S/C26H23N3O3S/c1-17-8-10-18(11-9-17)15-28-25(30)22-12-13-23(33-22)29-16-19-5-3-7-21(31-2)24(19)32-26-20(29)6-4-14-27-26/h3-14H,15-16H2,1-2H3,(H,28,30). The van der Waals surface area contributed by atoms with E-state index in [9.17, 15) is 4.79 Å². The summed E-state index contributed by atoms with van der Waals surface area (Å²) in [4.78, 5) is 20.0. The van der Waals surface area contributed by atoms with Crippen LogP contribution in [-0.2, 0) is 13.1 Å². The molecule has 7 heteroatoms. The molecule has 2 aromatic carbocycles. The van der Waals surface area contributed by atoms with E-state index in [2.05, 4.69) is 15.2 Å². The third-order valence-electron chi connectivity index (χ3n) is 5.50. The number of hydrogen-bond acceptors (Lipinski definition) is 6. The molecule has 4 aromatic rings. The van der Waals surface area contributed by atoms with Gasteiger partial charge in [-0.2, -0.15) is 0 Å². The van der Waals surface area contributed by atoms with Gasteiger partial charge in [0.2, 0.25) is 5.88 Å². The number of carbonyl (C=O) groups is 1. The topological polar surface area (TPSA) is 63.7 Å². The first-order valence-electron chi connectivity index (χ1n) is 10.6. The first kappa shape index (κ1) is 21.0. The Morgan fingerprint density at radius 1 is 1.12 bits per heavy atom. The van der Waals surface area contributed by atoms with E-state index in [0.29, 0.717) is 35.3 Å². The molecular formula is C26H23N3O3S. The van der Waals surface area contributed by atoms with E-state index in [1.807, 2.05) is 73.7 Å². The summed E-state index contributed by atoms with van der Waals surface area (Å²) in [5.41, 5.74) is 4.08. The normalized spacial score (nSPS) is 12.2. The van der Waals surface area contributed by atoms with Crippen molar-refractivity contribution in [2.45, 2.75) is 20.0 Å². The zero-order chi connectivity index (χ0) is 22.8. The lowest BCUT2D eigenvalue weighted by atomic mass is 10.1. The highest BCUT2D eigenvalue weighted by Crippen LogP contribution is 2.45. The van der Waals surface area contributed by atoms with Crippen LogP contribution < -0.4 is 19.7 Å². The molecule has 6 nitrogen and oxygen atoms in total. The summed E-state index contributed by atoms with van der Waals surface area (Å²) >= 11 is 1.44. The van der Waals surface area contributed by atoms with Gasteiger partial charge in [0, 0.05) is 18.3 Å². The molecule has 0 bridgehead atoms. The number of anilines is 2. The number of pyridine rings is 1. The number of rotatable bonds is 5. The lowest BCUT2D eigenvalue weighted by molar-refractivity contribution is 0.0955. The SMILES string of the molecule is COc1cccc2c1Oc1ncccc1N(c1ccc(C(=O)NCc3ccc(C)cc3)s1)C2. The third kappa shape index (κ3) is 4.27. The lowest BCUT2D eigenvalue weighted by Gasteiger charge is -2.21. The Kier molecular flexibility index (Phi) is 5.71. The number of benzene rings is 2. The van der Waals surface area contributed by atoms with Crippen LogP contribution in [0.5, 0.6) is 17.4 Å². The maximum Gasteiger partial charge on any atom is 0.261 e. The minimum atomic E-state index is -0.0913. The summed E-state index contributed by atoms with van der Waals surface area (Å²) in [6.07, 6.45) is 1.70. The summed E-state index contributed by atoms with van der Waals surface area (Å²) < 4.78 is 11.7. The number of nitrogens with one attached hydrogen (secondary N) is 1. The van der Waals surface area contributed by atoms with Crippen LogP contribution in [0, 0.1) is 6.92 Å². The van der Waals surface area contributed by atoms with Gasteiger partial charge in [-0.05, 0) is 42.8 Å². The smallest absolute Gasteiger partial charge is 0.261 e. The van der Waals surface area contributed by atoms with Gasteiger partial charge in [-0.15, -0.1) is 11.3 Å². The molecule has 33 heavy (non-hydrogen) atoms. The van der Waals surface area contributed by atoms with Crippen LogP contribution in [0.4, 0.5) is 10.7 Å². The largest absolute Gasteiger partial charge is 0.493 e. The van der Waals surface area contributed by atoms with Crippen molar-refractivity contribution in [3.05, 3.63) is 94.5 Å². The molecule has 2 aromatic heterocycles. The van der Waals surface area contributed by atoms with Gasteiger partial charge in [-0.3, -0.25) is 4.79 Å². The number of para-hydroxylation sites is 1. The minimum absolute atomic E-state index is 0.0913. The highest BCUT2D eigenvalue weighted by Gasteiger charge is 2.26. The van der Waals surface area contributed by atoms with Crippen LogP contribution in [0.25, 0.3) is 0 Å². The van der Waals surface area contributed by atoms with Crippen molar-refractivity contribution in [2.24, 2.45) is 0 Å². The average Bonchev–Trinajstić information content (AvgIpc) is 3.26. The summed E-state index contributed by atoms with van der Waals surface area (Å²) in [5.74, 6) is 1.73. The van der Waals surface area contributed by atoms with E-state index in [0.717, 1.165) is 21.8 Å². The summed E-state index contributed by atoms with van der Waals surface area (Å²) in [5, 5.41) is 3.95. The van der Waals surface area contributed by atoms with Crippen molar-refractivity contribution in [1.82, 2.24) is 10.3 Å². The van der Waals surface area contributed by atoms with Crippen LogP contribution in [0.15, 0.2) is 72.9 Å². The zero-order valence-corrected chi connectivity index (χ0v) is 19.2. The van der Waals surface area contributed by atoms with Crippen molar-refractivity contribution < 1.29 is 14.3 Å². The fourth-order valence-electron chi connectivity index (χ4n) is 3.75. The predicted octanol–water partition coefficient (Wildman–Crippen LogP) is 5.83. The molecule has 166 valence electrons. The fraction of sp³-hybridized carbons (Fsp3) is 0.154. The number of hydrogen-bond donors (Lipinski definition) is 1. The van der Waals surface area contributed by atoms with Gasteiger partial charge in [0.05, 0.1) is 23.5 Å². The van der Waals surface area contributed by atoms with Crippen molar-refractivity contribution in [1.29, 1.82) is 0 Å². The van der Waals surface area contributed by atoms with E-state index < -0.39 is 0 Å². The number of nitrogens with zero attached hydrogens (tertiary/aromatic N) is 2. The number of methoxy groups -OCH3 is 1. The number of thiophene rings is 1. The van der Waals surface area contributed by atoms with E-state index in [4.69, 9.17) is 9.47 Å². The minimum Gasteiger partial charge on any atom is -0.493 e. The number of aryl methyl sites for hydroxylation is 1. The Labute approximate surface area is 196 Å². The Balaban J connectivity index is 1.42. The van der Waals surface area contributed by atoms with Gasteiger partial charge in [0.15, 0.2) is 11.5 Å². The molecule has 0 unspecified atom stereocenters. The summed E-state index contributed by atoms with van der Waals surface area (Å²) in [6.45, 7) is 3.10. The van der Waals surface area contributed by atoms with Gasteiger partial charge in [0.1, 0.15) is 5.69 Å². The van der Waals surface area contributed by atoms with Crippen LogP contribution in [0.1, 0.15) is 26.4 Å². The van der Waals surface area contributed by atoms with Crippen LogP contribution in [0.2, 0.25) is 0 Å². The van der Waals surface area contributed by atoms with Gasteiger partial charge in [-0.25, -0.2) is 4.98 Å². The summed E-state index contributed by atoms with van der Waals surface area (Å²) in [7, 11) is 1.63. The first-order valence-corrected chi connectivity index (χ1v) is 11.4. The second-order valence-corrected chi connectivity index (χ2v) is 8.83. The number of aromatic nitrogens is 1. The van der Waals surface area contributed by atoms with Crippen LogP contribution in [0.3, 0.4) is 0 Å². The van der Waals surface area contributed by atoms with Gasteiger partial charge in [-0.1, -0.05) is 42.0 Å². The highest BCUT2D eigenvalue weighted by molar-refractivity contribution is 7.18. The molecule has 0 atom stereocenters. The third-order valence-corrected chi connectivity index (χ3v) is 6.61. The molecule has 0 fully saturated rings.